The molecule has 24 heavy (non-hydrogen) atoms. The van der Waals surface area contributed by atoms with Crippen LogP contribution in [0.4, 0.5) is 4.39 Å². The molecule has 0 aliphatic carbocycles. The van der Waals surface area contributed by atoms with Crippen molar-refractivity contribution in [3.8, 4) is 0 Å². The van der Waals surface area contributed by atoms with Gasteiger partial charge in [0.1, 0.15) is 5.82 Å². The predicted molar refractivity (Wildman–Crippen MR) is 105 cm³/mol. The van der Waals surface area contributed by atoms with E-state index in [1.807, 2.05) is 12.1 Å². The molecular weight excluding hydrogens is 424 g/mol. The van der Waals surface area contributed by atoms with Crippen molar-refractivity contribution in [1.29, 1.82) is 0 Å². The Hall–Kier alpha value is -0.930. The van der Waals surface area contributed by atoms with E-state index in [4.69, 9.17) is 9.47 Å². The predicted octanol–water partition coefficient (Wildman–Crippen LogP) is 2.30. The maximum Gasteiger partial charge on any atom is 0.191 e. The Balaban J connectivity index is 0.00000288. The van der Waals surface area contributed by atoms with Crippen LogP contribution in [0.1, 0.15) is 18.4 Å². The van der Waals surface area contributed by atoms with Gasteiger partial charge in [-0.25, -0.2) is 4.39 Å². The molecule has 0 saturated carbocycles. The molecule has 0 spiro atoms. The minimum atomic E-state index is -0.207. The van der Waals surface area contributed by atoms with E-state index in [9.17, 15) is 4.39 Å². The molecule has 1 heterocycles. The van der Waals surface area contributed by atoms with E-state index in [1.165, 1.54) is 12.1 Å². The summed E-state index contributed by atoms with van der Waals surface area (Å²) in [5, 5.41) is 6.60. The number of rotatable bonds is 6. The number of methoxy groups -OCH3 is 1. The molecule has 0 aromatic heterocycles. The molecule has 1 aromatic carbocycles. The lowest BCUT2D eigenvalue weighted by Gasteiger charge is -2.38. The zero-order valence-corrected chi connectivity index (χ0v) is 16.6. The summed E-state index contributed by atoms with van der Waals surface area (Å²) >= 11 is 0. The van der Waals surface area contributed by atoms with E-state index >= 15 is 0 Å². The molecule has 1 aliphatic rings. The highest BCUT2D eigenvalue weighted by Crippen LogP contribution is 2.34. The van der Waals surface area contributed by atoms with E-state index in [0.29, 0.717) is 13.2 Å². The van der Waals surface area contributed by atoms with Gasteiger partial charge in [0.25, 0.3) is 0 Å². The van der Waals surface area contributed by atoms with Gasteiger partial charge in [-0.1, -0.05) is 12.1 Å². The van der Waals surface area contributed by atoms with E-state index in [-0.39, 0.29) is 35.2 Å². The lowest BCUT2D eigenvalue weighted by Crippen LogP contribution is -2.48. The Bertz CT molecular complexity index is 505. The van der Waals surface area contributed by atoms with Gasteiger partial charge in [0.2, 0.25) is 0 Å². The van der Waals surface area contributed by atoms with Crippen molar-refractivity contribution >= 4 is 29.9 Å². The highest BCUT2D eigenvalue weighted by atomic mass is 127. The summed E-state index contributed by atoms with van der Waals surface area (Å²) in [7, 11) is 3.42. The number of benzene rings is 1. The standard InChI is InChI=1S/C17H26FN3O2.HI/c1-19-16(20-9-12-22-2)21-13-17(7-10-23-11-8-17)14-3-5-15(18)6-4-14;/h3-6H,7-13H2,1-2H3,(H2,19,20,21);1H. The molecule has 0 amide bonds. The Morgan fingerprint density at radius 2 is 1.92 bits per heavy atom. The fourth-order valence-corrected chi connectivity index (χ4v) is 2.88. The minimum Gasteiger partial charge on any atom is -0.383 e. The number of halogens is 2. The van der Waals surface area contributed by atoms with Crippen molar-refractivity contribution in [3.05, 3.63) is 35.6 Å². The van der Waals surface area contributed by atoms with E-state index in [2.05, 4.69) is 15.6 Å². The van der Waals surface area contributed by atoms with Crippen molar-refractivity contribution in [2.75, 3.05) is 47.1 Å². The quantitative estimate of drug-likeness (QED) is 0.302. The number of hydrogen-bond acceptors (Lipinski definition) is 3. The molecule has 0 radical (unpaired) electrons. The zero-order chi connectivity index (χ0) is 16.5. The fourth-order valence-electron chi connectivity index (χ4n) is 2.88. The molecule has 0 atom stereocenters. The van der Waals surface area contributed by atoms with Crippen LogP contribution in [-0.2, 0) is 14.9 Å². The molecule has 136 valence electrons. The van der Waals surface area contributed by atoms with Crippen molar-refractivity contribution in [2.45, 2.75) is 18.3 Å². The summed E-state index contributed by atoms with van der Waals surface area (Å²) in [5.41, 5.74) is 1.08. The molecule has 2 N–H and O–H groups in total. The Labute approximate surface area is 160 Å². The number of guanidine groups is 1. The van der Waals surface area contributed by atoms with Crippen molar-refractivity contribution in [1.82, 2.24) is 10.6 Å². The zero-order valence-electron chi connectivity index (χ0n) is 14.3. The monoisotopic (exact) mass is 451 g/mol. The highest BCUT2D eigenvalue weighted by Gasteiger charge is 2.34. The third-order valence-electron chi connectivity index (χ3n) is 4.32. The average molecular weight is 451 g/mol. The molecule has 1 fully saturated rings. The van der Waals surface area contributed by atoms with Gasteiger partial charge >= 0.3 is 0 Å². The minimum absolute atomic E-state index is 0. The lowest BCUT2D eigenvalue weighted by molar-refractivity contribution is 0.0513. The maximum absolute atomic E-state index is 13.2. The number of nitrogens with one attached hydrogen (secondary N) is 2. The van der Waals surface area contributed by atoms with Gasteiger partial charge in [-0.2, -0.15) is 0 Å². The van der Waals surface area contributed by atoms with Crippen LogP contribution >= 0.6 is 24.0 Å². The molecule has 1 aliphatic heterocycles. The number of hydrogen-bond donors (Lipinski definition) is 2. The molecule has 1 aromatic rings. The van der Waals surface area contributed by atoms with Crippen LogP contribution in [0.3, 0.4) is 0 Å². The summed E-state index contributed by atoms with van der Waals surface area (Å²) in [6.45, 7) is 3.48. The first-order valence-corrected chi connectivity index (χ1v) is 7.97. The second kappa shape index (κ2) is 10.8. The Morgan fingerprint density at radius 1 is 1.25 bits per heavy atom. The van der Waals surface area contributed by atoms with Gasteiger partial charge in [-0.05, 0) is 30.5 Å². The van der Waals surface area contributed by atoms with E-state index < -0.39 is 0 Å². The van der Waals surface area contributed by atoms with Crippen molar-refractivity contribution in [2.24, 2.45) is 4.99 Å². The smallest absolute Gasteiger partial charge is 0.191 e. The van der Waals surface area contributed by atoms with Crippen LogP contribution in [0.25, 0.3) is 0 Å². The average Bonchev–Trinajstić information content (AvgIpc) is 2.59. The lowest BCUT2D eigenvalue weighted by atomic mass is 9.74. The maximum atomic E-state index is 13.2. The first kappa shape index (κ1) is 21.1. The van der Waals surface area contributed by atoms with Crippen LogP contribution < -0.4 is 10.6 Å². The van der Waals surface area contributed by atoms with Gasteiger partial charge < -0.3 is 20.1 Å². The number of ether oxygens (including phenoxy) is 2. The normalized spacial score (nSPS) is 17.0. The summed E-state index contributed by atoms with van der Waals surface area (Å²) < 4.78 is 23.8. The topological polar surface area (TPSA) is 54.9 Å². The van der Waals surface area contributed by atoms with Crippen LogP contribution in [-0.4, -0.2) is 53.0 Å². The third kappa shape index (κ3) is 5.86. The summed E-state index contributed by atoms with van der Waals surface area (Å²) in [4.78, 5) is 4.23. The van der Waals surface area contributed by atoms with Crippen LogP contribution in [0.5, 0.6) is 0 Å². The van der Waals surface area contributed by atoms with E-state index in [0.717, 1.165) is 44.1 Å². The Kier molecular flexibility index (Phi) is 9.53. The Morgan fingerprint density at radius 3 is 2.50 bits per heavy atom. The summed E-state index contributed by atoms with van der Waals surface area (Å²) in [6, 6.07) is 6.81. The van der Waals surface area contributed by atoms with Gasteiger partial charge in [0.05, 0.1) is 6.61 Å². The highest BCUT2D eigenvalue weighted by molar-refractivity contribution is 14.0. The van der Waals surface area contributed by atoms with Gasteiger partial charge in [0, 0.05) is 45.9 Å². The molecule has 5 nitrogen and oxygen atoms in total. The molecule has 7 heteroatoms. The van der Waals surface area contributed by atoms with Crippen molar-refractivity contribution < 1.29 is 13.9 Å². The van der Waals surface area contributed by atoms with Gasteiger partial charge in [0.15, 0.2) is 5.96 Å². The van der Waals surface area contributed by atoms with Gasteiger partial charge in [-0.15, -0.1) is 24.0 Å². The fraction of sp³-hybridized carbons (Fsp3) is 0.588. The first-order chi connectivity index (χ1) is 11.2. The summed E-state index contributed by atoms with van der Waals surface area (Å²) in [5.74, 6) is 0.538. The number of aliphatic imine (C=N–C) groups is 1. The van der Waals surface area contributed by atoms with Crippen LogP contribution in [0, 0.1) is 5.82 Å². The molecule has 0 bridgehead atoms. The van der Waals surface area contributed by atoms with Crippen molar-refractivity contribution in [3.63, 3.8) is 0 Å². The van der Waals surface area contributed by atoms with Gasteiger partial charge in [-0.3, -0.25) is 4.99 Å². The van der Waals surface area contributed by atoms with E-state index in [1.54, 1.807) is 14.2 Å². The molecule has 0 unspecified atom stereocenters. The van der Waals surface area contributed by atoms with Crippen LogP contribution in [0.2, 0.25) is 0 Å². The third-order valence-corrected chi connectivity index (χ3v) is 4.32. The summed E-state index contributed by atoms with van der Waals surface area (Å²) in [6.07, 6.45) is 1.81. The molecular formula is C17H27FIN3O2. The SMILES string of the molecule is CN=C(NCCOC)NCC1(c2ccc(F)cc2)CCOCC1.I. The second-order valence-electron chi connectivity index (χ2n) is 5.74. The molecule has 2 rings (SSSR count). The first-order valence-electron chi connectivity index (χ1n) is 7.97. The van der Waals surface area contributed by atoms with Crippen LogP contribution in [0.15, 0.2) is 29.3 Å². The second-order valence-corrected chi connectivity index (χ2v) is 5.74. The molecule has 1 saturated heterocycles. The number of nitrogens with zero attached hydrogens (tertiary/aromatic N) is 1. The largest absolute Gasteiger partial charge is 0.383 e.